The summed E-state index contributed by atoms with van der Waals surface area (Å²) >= 11 is 0. The first-order valence-corrected chi connectivity index (χ1v) is 6.77. The van der Waals surface area contributed by atoms with Crippen molar-refractivity contribution in [1.29, 1.82) is 0 Å². The second-order valence-corrected chi connectivity index (χ2v) is 4.26. The highest BCUT2D eigenvalue weighted by molar-refractivity contribution is 5.89. The maximum atomic E-state index is 11.9. The van der Waals surface area contributed by atoms with Crippen LogP contribution in [0.1, 0.15) is 23.0 Å². The molecule has 0 atom stereocenters. The van der Waals surface area contributed by atoms with E-state index in [0.29, 0.717) is 11.3 Å². The summed E-state index contributed by atoms with van der Waals surface area (Å²) in [4.78, 5) is 23.0. The van der Waals surface area contributed by atoms with Crippen molar-refractivity contribution >= 4 is 11.9 Å². The number of carbonyl (C=O) groups excluding carboxylic acids is 2. The fraction of sp³-hybridized carbons (Fsp3) is 0.250. The summed E-state index contributed by atoms with van der Waals surface area (Å²) < 4.78 is 20.2. The molecule has 0 unspecified atom stereocenters. The number of hydrogen-bond acceptors (Lipinski definition) is 6. The summed E-state index contributed by atoms with van der Waals surface area (Å²) in [6.07, 6.45) is 1.37. The van der Waals surface area contributed by atoms with Gasteiger partial charge in [0.25, 0.3) is 0 Å². The van der Waals surface area contributed by atoms with E-state index in [1.54, 1.807) is 25.1 Å². The molecule has 0 spiro atoms. The standard InChI is InChI=1S/C16H16O6/c1-2-19-14(17)11-22-16(18)15-12(8-9-20-15)10-21-13-6-4-3-5-7-13/h3-9H,2,10-11H2,1H3. The minimum Gasteiger partial charge on any atom is -0.489 e. The average molecular weight is 304 g/mol. The van der Waals surface area contributed by atoms with Crippen LogP contribution in [0.4, 0.5) is 0 Å². The van der Waals surface area contributed by atoms with Gasteiger partial charge in [0, 0.05) is 5.56 Å². The number of rotatable bonds is 7. The van der Waals surface area contributed by atoms with E-state index in [0.717, 1.165) is 0 Å². The minimum atomic E-state index is -0.732. The molecular weight excluding hydrogens is 288 g/mol. The number of hydrogen-bond donors (Lipinski definition) is 0. The molecule has 0 saturated heterocycles. The summed E-state index contributed by atoms with van der Waals surface area (Å²) in [5, 5.41) is 0. The number of ether oxygens (including phenoxy) is 3. The molecule has 0 aliphatic rings. The van der Waals surface area contributed by atoms with Gasteiger partial charge in [0.2, 0.25) is 5.76 Å². The Hall–Kier alpha value is -2.76. The van der Waals surface area contributed by atoms with Gasteiger partial charge in [0.15, 0.2) is 6.61 Å². The zero-order valence-electron chi connectivity index (χ0n) is 12.1. The lowest BCUT2D eigenvalue weighted by Crippen LogP contribution is -2.17. The first kappa shape index (κ1) is 15.6. The second kappa shape index (κ2) is 7.87. The predicted molar refractivity (Wildman–Crippen MR) is 76.4 cm³/mol. The Morgan fingerprint density at radius 3 is 2.59 bits per heavy atom. The first-order valence-electron chi connectivity index (χ1n) is 6.77. The van der Waals surface area contributed by atoms with Gasteiger partial charge < -0.3 is 18.6 Å². The van der Waals surface area contributed by atoms with Gasteiger partial charge in [0.1, 0.15) is 12.4 Å². The highest BCUT2D eigenvalue weighted by atomic mass is 16.6. The van der Waals surface area contributed by atoms with Crippen LogP contribution < -0.4 is 4.74 Å². The topological polar surface area (TPSA) is 75.0 Å². The third-order valence-electron chi connectivity index (χ3n) is 2.70. The van der Waals surface area contributed by atoms with Crippen LogP contribution in [0.25, 0.3) is 0 Å². The van der Waals surface area contributed by atoms with Gasteiger partial charge in [-0.25, -0.2) is 9.59 Å². The van der Waals surface area contributed by atoms with Crippen molar-refractivity contribution in [2.75, 3.05) is 13.2 Å². The third-order valence-corrected chi connectivity index (χ3v) is 2.70. The summed E-state index contributed by atoms with van der Waals surface area (Å²) in [5.74, 6) is -0.649. The van der Waals surface area contributed by atoms with Crippen molar-refractivity contribution < 1.29 is 28.2 Å². The van der Waals surface area contributed by atoms with Crippen LogP contribution in [0.5, 0.6) is 5.75 Å². The summed E-state index contributed by atoms with van der Waals surface area (Å²) in [7, 11) is 0. The van der Waals surface area contributed by atoms with Crippen molar-refractivity contribution in [1.82, 2.24) is 0 Å². The quantitative estimate of drug-likeness (QED) is 0.732. The Bertz CT molecular complexity index is 617. The fourth-order valence-electron chi connectivity index (χ4n) is 1.70. The lowest BCUT2D eigenvalue weighted by atomic mass is 10.2. The largest absolute Gasteiger partial charge is 0.489 e. The maximum Gasteiger partial charge on any atom is 0.375 e. The molecule has 0 N–H and O–H groups in total. The normalized spacial score (nSPS) is 10.0. The van der Waals surface area contributed by atoms with Crippen molar-refractivity contribution in [3.8, 4) is 5.75 Å². The molecule has 1 aromatic carbocycles. The zero-order valence-corrected chi connectivity index (χ0v) is 12.1. The van der Waals surface area contributed by atoms with Crippen LogP contribution in [0, 0.1) is 0 Å². The minimum absolute atomic E-state index is 0.0141. The molecule has 0 radical (unpaired) electrons. The SMILES string of the molecule is CCOC(=O)COC(=O)c1occc1COc1ccccc1. The lowest BCUT2D eigenvalue weighted by Gasteiger charge is -2.06. The molecular formula is C16H16O6. The van der Waals surface area contributed by atoms with Gasteiger partial charge in [-0.05, 0) is 25.1 Å². The molecule has 2 aromatic rings. The van der Waals surface area contributed by atoms with Gasteiger partial charge in [-0.2, -0.15) is 0 Å². The molecule has 0 aliphatic carbocycles. The molecule has 6 heteroatoms. The molecule has 0 aliphatic heterocycles. The number of furan rings is 1. The molecule has 0 bridgehead atoms. The second-order valence-electron chi connectivity index (χ2n) is 4.26. The summed E-state index contributed by atoms with van der Waals surface area (Å²) in [6.45, 7) is 1.61. The number of carbonyl (C=O) groups is 2. The third kappa shape index (κ3) is 4.37. The van der Waals surface area contributed by atoms with Gasteiger partial charge in [0.05, 0.1) is 12.9 Å². The first-order chi connectivity index (χ1) is 10.7. The fourth-order valence-corrected chi connectivity index (χ4v) is 1.70. The molecule has 2 rings (SSSR count). The predicted octanol–water partition coefficient (Wildman–Crippen LogP) is 2.58. The van der Waals surface area contributed by atoms with E-state index in [-0.39, 0.29) is 19.0 Å². The van der Waals surface area contributed by atoms with Crippen molar-refractivity contribution in [3.63, 3.8) is 0 Å². The molecule has 0 saturated carbocycles. The van der Waals surface area contributed by atoms with E-state index in [1.165, 1.54) is 6.26 Å². The van der Waals surface area contributed by atoms with E-state index >= 15 is 0 Å². The van der Waals surface area contributed by atoms with E-state index in [4.69, 9.17) is 13.9 Å². The molecule has 1 heterocycles. The van der Waals surface area contributed by atoms with E-state index in [9.17, 15) is 9.59 Å². The van der Waals surface area contributed by atoms with Crippen LogP contribution in [-0.2, 0) is 20.9 Å². The zero-order chi connectivity index (χ0) is 15.8. The Morgan fingerprint density at radius 1 is 1.09 bits per heavy atom. The highest BCUT2D eigenvalue weighted by Gasteiger charge is 2.19. The maximum absolute atomic E-state index is 11.9. The Labute approximate surface area is 127 Å². The van der Waals surface area contributed by atoms with Crippen LogP contribution in [0.3, 0.4) is 0 Å². The van der Waals surface area contributed by atoms with Crippen molar-refractivity contribution in [2.24, 2.45) is 0 Å². The molecule has 6 nitrogen and oxygen atoms in total. The van der Waals surface area contributed by atoms with Crippen molar-refractivity contribution in [3.05, 3.63) is 54.0 Å². The van der Waals surface area contributed by atoms with Crippen LogP contribution in [-0.4, -0.2) is 25.2 Å². The Morgan fingerprint density at radius 2 is 1.86 bits per heavy atom. The van der Waals surface area contributed by atoms with Gasteiger partial charge in [-0.15, -0.1) is 0 Å². The number of para-hydroxylation sites is 1. The van der Waals surface area contributed by atoms with Crippen LogP contribution >= 0.6 is 0 Å². The van der Waals surface area contributed by atoms with E-state index in [2.05, 4.69) is 4.74 Å². The molecule has 22 heavy (non-hydrogen) atoms. The Kier molecular flexibility index (Phi) is 5.59. The molecule has 116 valence electrons. The van der Waals surface area contributed by atoms with Gasteiger partial charge >= 0.3 is 11.9 Å². The molecule has 0 fully saturated rings. The molecule has 1 aromatic heterocycles. The van der Waals surface area contributed by atoms with E-state index < -0.39 is 18.5 Å². The highest BCUT2D eigenvalue weighted by Crippen LogP contribution is 2.16. The van der Waals surface area contributed by atoms with E-state index in [1.807, 2.05) is 18.2 Å². The molecule has 0 amide bonds. The summed E-state index contributed by atoms with van der Waals surface area (Å²) in [5.41, 5.74) is 0.540. The monoisotopic (exact) mass is 304 g/mol. The number of esters is 2. The summed E-state index contributed by atoms with van der Waals surface area (Å²) in [6, 6.07) is 10.8. The van der Waals surface area contributed by atoms with Crippen LogP contribution in [0.2, 0.25) is 0 Å². The average Bonchev–Trinajstić information content (AvgIpc) is 3.00. The smallest absolute Gasteiger partial charge is 0.375 e. The number of benzene rings is 1. The van der Waals surface area contributed by atoms with Gasteiger partial charge in [-0.1, -0.05) is 18.2 Å². The van der Waals surface area contributed by atoms with Crippen molar-refractivity contribution in [2.45, 2.75) is 13.5 Å². The van der Waals surface area contributed by atoms with Crippen LogP contribution in [0.15, 0.2) is 47.1 Å². The Balaban J connectivity index is 1.91. The lowest BCUT2D eigenvalue weighted by molar-refractivity contribution is -0.146. The van der Waals surface area contributed by atoms with Gasteiger partial charge in [-0.3, -0.25) is 0 Å².